The molecule has 0 unspecified atom stereocenters. The molecule has 0 aromatic carbocycles. The molecule has 6 heteroatoms. The van der Waals surface area contributed by atoms with Gasteiger partial charge in [-0.1, -0.05) is 0 Å². The third kappa shape index (κ3) is 3.71. The van der Waals surface area contributed by atoms with Crippen LogP contribution in [0.5, 0.6) is 0 Å². The van der Waals surface area contributed by atoms with E-state index < -0.39 is 0 Å². The van der Waals surface area contributed by atoms with Gasteiger partial charge in [-0.15, -0.1) is 0 Å². The zero-order chi connectivity index (χ0) is 13.7. The predicted octanol–water partition coefficient (Wildman–Crippen LogP) is 2.23. The molecule has 0 amide bonds. The highest BCUT2D eigenvalue weighted by Crippen LogP contribution is 2.11. The lowest BCUT2D eigenvalue weighted by atomic mass is 10.3. The van der Waals surface area contributed by atoms with Crippen molar-refractivity contribution in [2.45, 2.75) is 20.3 Å². The highest BCUT2D eigenvalue weighted by molar-refractivity contribution is 5.49. The van der Waals surface area contributed by atoms with Crippen LogP contribution in [0, 0.1) is 25.3 Å². The first-order chi connectivity index (χ1) is 9.17. The topological polar surface area (TPSA) is 86.8 Å². The van der Waals surface area contributed by atoms with Gasteiger partial charge < -0.3 is 9.73 Å². The van der Waals surface area contributed by atoms with Gasteiger partial charge in [0, 0.05) is 19.0 Å². The maximum Gasteiger partial charge on any atom is 0.182 e. The second kappa shape index (κ2) is 5.87. The Morgan fingerprint density at radius 2 is 2.05 bits per heavy atom. The molecule has 2 N–H and O–H groups in total. The predicted molar refractivity (Wildman–Crippen MR) is 71.6 cm³/mol. The summed E-state index contributed by atoms with van der Waals surface area (Å²) in [6.07, 6.45) is 2.62. The van der Waals surface area contributed by atoms with Crippen LogP contribution in [0.4, 0.5) is 11.6 Å². The molecule has 0 aliphatic carbocycles. The number of hydrogen-bond acceptors (Lipinski definition) is 6. The van der Waals surface area contributed by atoms with Crippen LogP contribution in [0.3, 0.4) is 0 Å². The van der Waals surface area contributed by atoms with Gasteiger partial charge >= 0.3 is 0 Å². The lowest BCUT2D eigenvalue weighted by molar-refractivity contribution is 0.486. The van der Waals surface area contributed by atoms with Crippen LogP contribution in [0.25, 0.3) is 0 Å². The number of nitrogens with one attached hydrogen (secondary N) is 2. The average Bonchev–Trinajstić information content (AvgIpc) is 2.75. The molecular formula is C13H15N5O. The minimum atomic E-state index is 0.492. The molecule has 2 aromatic rings. The summed E-state index contributed by atoms with van der Waals surface area (Å²) < 4.78 is 5.48. The van der Waals surface area contributed by atoms with Crippen LogP contribution < -0.4 is 10.6 Å². The molecule has 0 atom stereocenters. The maximum absolute atomic E-state index is 8.57. The quantitative estimate of drug-likeness (QED) is 0.631. The fourth-order valence-electron chi connectivity index (χ4n) is 1.71. The zero-order valence-corrected chi connectivity index (χ0v) is 10.9. The average molecular weight is 257 g/mol. The first-order valence-electron chi connectivity index (χ1n) is 5.97. The van der Waals surface area contributed by atoms with Crippen molar-refractivity contribution in [3.8, 4) is 6.19 Å². The number of aromatic nitrogens is 2. The smallest absolute Gasteiger partial charge is 0.182 e. The van der Waals surface area contributed by atoms with Crippen molar-refractivity contribution in [2.75, 3.05) is 17.2 Å². The molecule has 0 bridgehead atoms. The monoisotopic (exact) mass is 257 g/mol. The van der Waals surface area contributed by atoms with E-state index in [2.05, 4.69) is 20.6 Å². The van der Waals surface area contributed by atoms with Gasteiger partial charge in [0.05, 0.1) is 0 Å². The fourth-order valence-corrected chi connectivity index (χ4v) is 1.71. The molecule has 19 heavy (non-hydrogen) atoms. The third-order valence-electron chi connectivity index (χ3n) is 2.50. The molecule has 0 radical (unpaired) electrons. The number of anilines is 2. The summed E-state index contributed by atoms with van der Waals surface area (Å²) in [5.74, 6) is 3.64. The first kappa shape index (κ1) is 12.9. The zero-order valence-electron chi connectivity index (χ0n) is 10.9. The fraction of sp³-hybridized carbons (Fsp3) is 0.308. The van der Waals surface area contributed by atoms with E-state index in [4.69, 9.17) is 9.68 Å². The molecule has 0 aliphatic heterocycles. The van der Waals surface area contributed by atoms with Gasteiger partial charge in [0.15, 0.2) is 6.19 Å². The molecule has 0 saturated carbocycles. The molecule has 2 heterocycles. The minimum absolute atomic E-state index is 0.492. The number of nitriles is 1. The third-order valence-corrected chi connectivity index (χ3v) is 2.50. The lowest BCUT2D eigenvalue weighted by Gasteiger charge is -2.06. The minimum Gasteiger partial charge on any atom is -0.466 e. The Morgan fingerprint density at radius 1 is 1.26 bits per heavy atom. The molecule has 2 rings (SSSR count). The van der Waals surface area contributed by atoms with Gasteiger partial charge in [-0.05, 0) is 26.0 Å². The van der Waals surface area contributed by atoms with Crippen LogP contribution in [0.1, 0.15) is 17.3 Å². The Bertz CT molecular complexity index is 599. The Hall–Kier alpha value is -2.55. The summed E-state index contributed by atoms with van der Waals surface area (Å²) in [5.41, 5.74) is 0. The summed E-state index contributed by atoms with van der Waals surface area (Å²) in [7, 11) is 0. The Labute approximate surface area is 111 Å². The van der Waals surface area contributed by atoms with Gasteiger partial charge in [-0.2, -0.15) is 5.26 Å². The number of aryl methyl sites for hydroxylation is 2. The molecule has 98 valence electrons. The molecule has 0 spiro atoms. The summed E-state index contributed by atoms with van der Waals surface area (Å²) in [6.45, 7) is 4.41. The summed E-state index contributed by atoms with van der Waals surface area (Å²) in [4.78, 5) is 8.34. The van der Waals surface area contributed by atoms with E-state index in [9.17, 15) is 0 Å². The molecule has 0 fully saturated rings. The van der Waals surface area contributed by atoms with Crippen LogP contribution in [0.2, 0.25) is 0 Å². The molecule has 6 nitrogen and oxygen atoms in total. The van der Waals surface area contributed by atoms with Crippen LogP contribution >= 0.6 is 0 Å². The Morgan fingerprint density at radius 3 is 2.74 bits per heavy atom. The van der Waals surface area contributed by atoms with Crippen molar-refractivity contribution < 1.29 is 4.42 Å². The maximum atomic E-state index is 8.57. The summed E-state index contributed by atoms with van der Waals surface area (Å²) in [5, 5.41) is 14.3. The van der Waals surface area contributed by atoms with Gasteiger partial charge in [0.1, 0.15) is 29.0 Å². The van der Waals surface area contributed by atoms with E-state index in [-0.39, 0.29) is 0 Å². The molecule has 0 aliphatic rings. The SMILES string of the molecule is Cc1nc(NC#N)cc(NCCc2ccc(C)o2)n1. The summed E-state index contributed by atoms with van der Waals surface area (Å²) in [6, 6.07) is 5.60. The van der Waals surface area contributed by atoms with Crippen molar-refractivity contribution >= 4 is 11.6 Å². The number of rotatable bonds is 5. The summed E-state index contributed by atoms with van der Waals surface area (Å²) >= 11 is 0. The van der Waals surface area contributed by atoms with Crippen LogP contribution in [-0.2, 0) is 6.42 Å². The molecule has 0 saturated heterocycles. The Kier molecular flexibility index (Phi) is 3.98. The van der Waals surface area contributed by atoms with E-state index in [1.54, 1.807) is 13.0 Å². The number of nitrogens with zero attached hydrogens (tertiary/aromatic N) is 3. The van der Waals surface area contributed by atoms with E-state index in [1.165, 1.54) is 0 Å². The second-order valence-electron chi connectivity index (χ2n) is 4.11. The highest BCUT2D eigenvalue weighted by atomic mass is 16.3. The lowest BCUT2D eigenvalue weighted by Crippen LogP contribution is -2.08. The van der Waals surface area contributed by atoms with Crippen molar-refractivity contribution in [1.29, 1.82) is 5.26 Å². The van der Waals surface area contributed by atoms with Crippen molar-refractivity contribution in [3.05, 3.63) is 35.5 Å². The molecular weight excluding hydrogens is 242 g/mol. The van der Waals surface area contributed by atoms with Crippen LogP contribution in [-0.4, -0.2) is 16.5 Å². The van der Waals surface area contributed by atoms with Crippen molar-refractivity contribution in [3.63, 3.8) is 0 Å². The first-order valence-corrected chi connectivity index (χ1v) is 5.97. The van der Waals surface area contributed by atoms with Gasteiger partial charge in [0.2, 0.25) is 0 Å². The highest BCUT2D eigenvalue weighted by Gasteiger charge is 2.02. The van der Waals surface area contributed by atoms with E-state index in [1.807, 2.05) is 25.2 Å². The molecule has 2 aromatic heterocycles. The van der Waals surface area contributed by atoms with Gasteiger partial charge in [-0.3, -0.25) is 5.32 Å². The number of furan rings is 1. The van der Waals surface area contributed by atoms with Gasteiger partial charge in [0.25, 0.3) is 0 Å². The second-order valence-corrected chi connectivity index (χ2v) is 4.11. The van der Waals surface area contributed by atoms with Gasteiger partial charge in [-0.25, -0.2) is 9.97 Å². The number of hydrogen-bond donors (Lipinski definition) is 2. The standard InChI is InChI=1S/C13H15N5O/c1-9-3-4-11(19-9)5-6-15-12-7-13(16-8-14)18-10(2)17-12/h3-4,7H,5-6H2,1-2H3,(H2,15,16,17,18). The Balaban J connectivity index is 1.94. The van der Waals surface area contributed by atoms with Crippen LogP contribution in [0.15, 0.2) is 22.6 Å². The normalized spacial score (nSPS) is 9.95. The largest absolute Gasteiger partial charge is 0.466 e. The van der Waals surface area contributed by atoms with Crippen molar-refractivity contribution in [2.24, 2.45) is 0 Å². The van der Waals surface area contributed by atoms with E-state index in [0.717, 1.165) is 17.9 Å². The van der Waals surface area contributed by atoms with Crippen molar-refractivity contribution in [1.82, 2.24) is 9.97 Å². The van der Waals surface area contributed by atoms with E-state index >= 15 is 0 Å². The van der Waals surface area contributed by atoms with E-state index in [0.29, 0.717) is 24.0 Å².